The number of piperazine rings is 1. The molecule has 2 amide bonds. The number of carbonyl (C=O) groups is 2. The molecule has 40 heavy (non-hydrogen) atoms. The number of carbonyl (C=O) groups excluding carboxylic acids is 2. The molecule has 0 unspecified atom stereocenters. The summed E-state index contributed by atoms with van der Waals surface area (Å²) in [7, 11) is 5.64. The number of ether oxygens (including phenoxy) is 1. The summed E-state index contributed by atoms with van der Waals surface area (Å²) in [5.41, 5.74) is 1.52. The number of aryl methyl sites for hydroxylation is 2. The van der Waals surface area contributed by atoms with Crippen molar-refractivity contribution in [2.24, 2.45) is 0 Å². The smallest absolute Gasteiger partial charge is 0.257 e. The SMILES string of the molecule is COc1cc(C)c(Sc2cnc(Nc3cc(NCCN(C)C)nc(C)n3)s2)cc1C(=O)N1CCN(C(C)=O)CC1. The van der Waals surface area contributed by atoms with Gasteiger partial charge in [0, 0.05) is 57.2 Å². The van der Waals surface area contributed by atoms with Crippen LogP contribution in [0.1, 0.15) is 28.7 Å². The molecule has 2 aromatic heterocycles. The van der Waals surface area contributed by atoms with Gasteiger partial charge in [0.2, 0.25) is 5.91 Å². The largest absolute Gasteiger partial charge is 0.496 e. The minimum absolute atomic E-state index is 0.0316. The van der Waals surface area contributed by atoms with Gasteiger partial charge in [-0.2, -0.15) is 0 Å². The molecular formula is C27H36N8O3S2. The summed E-state index contributed by atoms with van der Waals surface area (Å²) in [5, 5.41) is 7.33. The molecule has 1 aromatic carbocycles. The molecule has 3 aromatic rings. The standard InChI is InChI=1S/C27H36N8O3S2/c1-17-13-21(38-6)20(26(37)35-11-9-34(10-12-35)19(3)36)14-22(17)39-25-16-29-27(40-25)32-24-15-23(30-18(2)31-24)28-7-8-33(4)5/h13-16H,7-12H2,1-6H3,(H2,28,29,30,31,32). The van der Waals surface area contributed by atoms with Crippen molar-refractivity contribution in [3.63, 3.8) is 0 Å². The second-order valence-electron chi connectivity index (χ2n) is 9.74. The lowest BCUT2D eigenvalue weighted by molar-refractivity contribution is -0.130. The topological polar surface area (TPSA) is 116 Å². The molecule has 13 heteroatoms. The molecule has 0 saturated carbocycles. The molecule has 214 valence electrons. The molecule has 0 bridgehead atoms. The van der Waals surface area contributed by atoms with Crippen LogP contribution in [0.15, 0.2) is 33.5 Å². The molecular weight excluding hydrogens is 548 g/mol. The molecule has 3 heterocycles. The van der Waals surface area contributed by atoms with Crippen LogP contribution in [0, 0.1) is 13.8 Å². The molecule has 0 radical (unpaired) electrons. The highest BCUT2D eigenvalue weighted by molar-refractivity contribution is 8.01. The van der Waals surface area contributed by atoms with Crippen molar-refractivity contribution in [3.8, 4) is 5.75 Å². The fourth-order valence-corrected chi connectivity index (χ4v) is 6.16. The fraction of sp³-hybridized carbons (Fsp3) is 0.444. The first-order valence-electron chi connectivity index (χ1n) is 13.0. The van der Waals surface area contributed by atoms with Crippen LogP contribution in [0.5, 0.6) is 5.75 Å². The van der Waals surface area contributed by atoms with E-state index in [1.807, 2.05) is 52.3 Å². The van der Waals surface area contributed by atoms with E-state index in [9.17, 15) is 9.59 Å². The van der Waals surface area contributed by atoms with E-state index in [0.29, 0.717) is 54.3 Å². The number of likely N-dealkylation sites (N-methyl/N-ethyl adjacent to an activating group) is 1. The number of nitrogens with zero attached hydrogens (tertiary/aromatic N) is 6. The lowest BCUT2D eigenvalue weighted by Crippen LogP contribution is -2.50. The molecule has 2 N–H and O–H groups in total. The highest BCUT2D eigenvalue weighted by atomic mass is 32.2. The summed E-state index contributed by atoms with van der Waals surface area (Å²) in [6, 6.07) is 5.67. The maximum absolute atomic E-state index is 13.4. The Bertz CT molecular complexity index is 1360. The van der Waals surface area contributed by atoms with Crippen molar-refractivity contribution in [2.45, 2.75) is 29.9 Å². The van der Waals surface area contributed by atoms with E-state index >= 15 is 0 Å². The van der Waals surface area contributed by atoms with Gasteiger partial charge in [-0.1, -0.05) is 23.1 Å². The Morgan fingerprint density at radius 1 is 1.07 bits per heavy atom. The molecule has 0 spiro atoms. The van der Waals surface area contributed by atoms with Crippen LogP contribution in [-0.4, -0.2) is 102 Å². The molecule has 4 rings (SSSR count). The van der Waals surface area contributed by atoms with Crippen LogP contribution >= 0.6 is 23.1 Å². The van der Waals surface area contributed by atoms with Crippen LogP contribution in [0.25, 0.3) is 0 Å². The van der Waals surface area contributed by atoms with Crippen LogP contribution in [0.4, 0.5) is 16.8 Å². The van der Waals surface area contributed by atoms with Gasteiger partial charge < -0.3 is 30.1 Å². The average molecular weight is 585 g/mol. The molecule has 1 saturated heterocycles. The first-order chi connectivity index (χ1) is 19.1. The minimum Gasteiger partial charge on any atom is -0.496 e. The van der Waals surface area contributed by atoms with Gasteiger partial charge in [-0.05, 0) is 45.6 Å². The maximum Gasteiger partial charge on any atom is 0.257 e. The number of nitrogens with one attached hydrogen (secondary N) is 2. The Morgan fingerprint density at radius 2 is 1.77 bits per heavy atom. The molecule has 11 nitrogen and oxygen atoms in total. The molecule has 0 aliphatic carbocycles. The van der Waals surface area contributed by atoms with Crippen molar-refractivity contribution in [1.82, 2.24) is 29.7 Å². The van der Waals surface area contributed by atoms with Crippen LogP contribution in [-0.2, 0) is 4.79 Å². The normalized spacial score (nSPS) is 13.5. The van der Waals surface area contributed by atoms with E-state index in [0.717, 1.165) is 33.6 Å². The van der Waals surface area contributed by atoms with E-state index in [2.05, 4.69) is 30.5 Å². The molecule has 1 aliphatic heterocycles. The third-order valence-corrected chi connectivity index (χ3v) is 8.55. The van der Waals surface area contributed by atoms with Gasteiger partial charge in [-0.15, -0.1) is 0 Å². The maximum atomic E-state index is 13.4. The second kappa shape index (κ2) is 13.3. The van der Waals surface area contributed by atoms with Gasteiger partial charge in [0.25, 0.3) is 5.91 Å². The summed E-state index contributed by atoms with van der Waals surface area (Å²) in [6.07, 6.45) is 1.81. The zero-order chi connectivity index (χ0) is 28.8. The number of amides is 2. The van der Waals surface area contributed by atoms with Gasteiger partial charge in [0.15, 0.2) is 5.13 Å². The van der Waals surface area contributed by atoms with E-state index < -0.39 is 0 Å². The first-order valence-corrected chi connectivity index (χ1v) is 14.6. The van der Waals surface area contributed by atoms with Gasteiger partial charge in [-0.25, -0.2) is 15.0 Å². The fourth-order valence-electron chi connectivity index (χ4n) is 4.21. The Kier molecular flexibility index (Phi) is 9.82. The van der Waals surface area contributed by atoms with Crippen molar-refractivity contribution in [3.05, 3.63) is 41.3 Å². The van der Waals surface area contributed by atoms with Gasteiger partial charge in [-0.3, -0.25) is 9.59 Å². The zero-order valence-electron chi connectivity index (χ0n) is 23.8. The highest BCUT2D eigenvalue weighted by Crippen LogP contribution is 2.39. The average Bonchev–Trinajstić information content (AvgIpc) is 3.35. The van der Waals surface area contributed by atoms with Crippen molar-refractivity contribution in [2.75, 3.05) is 71.1 Å². The third-order valence-electron chi connectivity index (χ3n) is 6.37. The number of benzene rings is 1. The first kappa shape index (κ1) is 29.6. The van der Waals surface area contributed by atoms with E-state index in [-0.39, 0.29) is 11.8 Å². The second-order valence-corrected chi connectivity index (χ2v) is 12.1. The third kappa shape index (κ3) is 7.61. The van der Waals surface area contributed by atoms with E-state index in [1.54, 1.807) is 35.6 Å². The summed E-state index contributed by atoms with van der Waals surface area (Å²) in [6.45, 7) is 9.16. The quantitative estimate of drug-likeness (QED) is 0.365. The number of hydrogen-bond acceptors (Lipinski definition) is 11. The molecule has 1 fully saturated rings. The summed E-state index contributed by atoms with van der Waals surface area (Å²) < 4.78 is 6.54. The van der Waals surface area contributed by atoms with Crippen molar-refractivity contribution in [1.29, 1.82) is 0 Å². The lowest BCUT2D eigenvalue weighted by atomic mass is 10.1. The predicted molar refractivity (Wildman–Crippen MR) is 159 cm³/mol. The minimum atomic E-state index is -0.0947. The number of thiazole rings is 1. The number of methoxy groups -OCH3 is 1. The number of aromatic nitrogens is 3. The van der Waals surface area contributed by atoms with E-state index in [4.69, 9.17) is 4.74 Å². The zero-order valence-corrected chi connectivity index (χ0v) is 25.4. The number of rotatable bonds is 10. The summed E-state index contributed by atoms with van der Waals surface area (Å²) >= 11 is 3.06. The predicted octanol–water partition coefficient (Wildman–Crippen LogP) is 3.73. The Morgan fingerprint density at radius 3 is 2.45 bits per heavy atom. The van der Waals surface area contributed by atoms with Crippen LogP contribution in [0.3, 0.4) is 0 Å². The highest BCUT2D eigenvalue weighted by Gasteiger charge is 2.26. The van der Waals surface area contributed by atoms with Gasteiger partial charge in [0.1, 0.15) is 23.2 Å². The summed E-state index contributed by atoms with van der Waals surface area (Å²) in [5.74, 6) is 2.58. The monoisotopic (exact) mass is 584 g/mol. The van der Waals surface area contributed by atoms with Gasteiger partial charge in [0.05, 0.1) is 23.1 Å². The molecule has 0 atom stereocenters. The number of anilines is 3. The van der Waals surface area contributed by atoms with Crippen molar-refractivity contribution < 1.29 is 14.3 Å². The van der Waals surface area contributed by atoms with Crippen molar-refractivity contribution >= 4 is 51.7 Å². The number of hydrogen-bond donors (Lipinski definition) is 2. The van der Waals surface area contributed by atoms with E-state index in [1.165, 1.54) is 11.3 Å². The Hall–Kier alpha value is -3.42. The van der Waals surface area contributed by atoms with Crippen LogP contribution < -0.4 is 15.4 Å². The van der Waals surface area contributed by atoms with Crippen LogP contribution in [0.2, 0.25) is 0 Å². The lowest BCUT2D eigenvalue weighted by Gasteiger charge is -2.34. The Labute approximate surface area is 243 Å². The Balaban J connectivity index is 1.46. The summed E-state index contributed by atoms with van der Waals surface area (Å²) in [4.78, 5) is 45.2. The van der Waals surface area contributed by atoms with Gasteiger partial charge >= 0.3 is 0 Å². The molecule has 1 aliphatic rings.